The Bertz CT molecular complexity index is 896. The number of nitro benzene ring substituents is 1. The van der Waals surface area contributed by atoms with E-state index in [-0.39, 0.29) is 34.0 Å². The van der Waals surface area contributed by atoms with Crippen LogP contribution in [0.3, 0.4) is 0 Å². The SMILES string of the molecule is CN(CC(N)c1ccc(F)c(Br)c1)S(=O)(=O)c1ccc([N+](=O)[O-])cc1.Cl. The van der Waals surface area contributed by atoms with Crippen LogP contribution in [0.5, 0.6) is 0 Å². The van der Waals surface area contributed by atoms with Gasteiger partial charge in [0.1, 0.15) is 5.82 Å². The van der Waals surface area contributed by atoms with Gasteiger partial charge in [0.15, 0.2) is 0 Å². The molecule has 2 aromatic carbocycles. The number of benzene rings is 2. The van der Waals surface area contributed by atoms with Crippen molar-refractivity contribution in [3.8, 4) is 0 Å². The Balaban J connectivity index is 0.00000338. The van der Waals surface area contributed by atoms with Gasteiger partial charge in [-0.1, -0.05) is 6.07 Å². The van der Waals surface area contributed by atoms with Gasteiger partial charge in [-0.2, -0.15) is 4.31 Å². The Labute approximate surface area is 164 Å². The molecule has 142 valence electrons. The lowest BCUT2D eigenvalue weighted by Crippen LogP contribution is -2.34. The van der Waals surface area contributed by atoms with Crippen molar-refractivity contribution in [1.29, 1.82) is 0 Å². The van der Waals surface area contributed by atoms with Crippen LogP contribution in [0.4, 0.5) is 10.1 Å². The fraction of sp³-hybridized carbons (Fsp3) is 0.200. The van der Waals surface area contributed by atoms with E-state index in [0.29, 0.717) is 5.56 Å². The van der Waals surface area contributed by atoms with Crippen LogP contribution in [0, 0.1) is 15.9 Å². The Morgan fingerprint density at radius 3 is 2.35 bits per heavy atom. The minimum absolute atomic E-state index is 0. The van der Waals surface area contributed by atoms with Gasteiger partial charge in [-0.05, 0) is 45.8 Å². The topological polar surface area (TPSA) is 107 Å². The summed E-state index contributed by atoms with van der Waals surface area (Å²) < 4.78 is 39.6. The first-order chi connectivity index (χ1) is 11.6. The maximum absolute atomic E-state index is 13.3. The largest absolute Gasteiger partial charge is 0.323 e. The van der Waals surface area contributed by atoms with E-state index in [9.17, 15) is 22.9 Å². The molecule has 26 heavy (non-hydrogen) atoms. The Morgan fingerprint density at radius 2 is 1.85 bits per heavy atom. The first-order valence-corrected chi connectivity index (χ1v) is 9.27. The van der Waals surface area contributed by atoms with Gasteiger partial charge in [-0.3, -0.25) is 10.1 Å². The second-order valence-corrected chi connectivity index (χ2v) is 8.22. The summed E-state index contributed by atoms with van der Waals surface area (Å²) in [6.07, 6.45) is 0. The molecule has 0 aromatic heterocycles. The lowest BCUT2D eigenvalue weighted by Gasteiger charge is -2.21. The normalized spacial score (nSPS) is 12.5. The monoisotopic (exact) mass is 467 g/mol. The zero-order valence-corrected chi connectivity index (χ0v) is 16.7. The fourth-order valence-corrected chi connectivity index (χ4v) is 3.74. The summed E-state index contributed by atoms with van der Waals surface area (Å²) in [5, 5.41) is 10.6. The van der Waals surface area contributed by atoms with E-state index in [1.165, 1.54) is 37.4 Å². The molecule has 0 aliphatic rings. The van der Waals surface area contributed by atoms with Gasteiger partial charge in [0.25, 0.3) is 5.69 Å². The molecule has 0 amide bonds. The van der Waals surface area contributed by atoms with Crippen molar-refractivity contribution in [2.45, 2.75) is 10.9 Å². The van der Waals surface area contributed by atoms with E-state index in [1.54, 1.807) is 0 Å². The van der Waals surface area contributed by atoms with Gasteiger partial charge >= 0.3 is 0 Å². The molecule has 0 heterocycles. The van der Waals surface area contributed by atoms with Gasteiger partial charge in [0.05, 0.1) is 14.3 Å². The molecule has 0 aliphatic heterocycles. The van der Waals surface area contributed by atoms with Crippen molar-refractivity contribution in [2.75, 3.05) is 13.6 Å². The molecule has 1 atom stereocenters. The molecule has 0 aliphatic carbocycles. The molecule has 2 aromatic rings. The number of nitrogens with zero attached hydrogens (tertiary/aromatic N) is 2. The van der Waals surface area contributed by atoms with Crippen LogP contribution >= 0.6 is 28.3 Å². The third kappa shape index (κ3) is 4.98. The number of nitrogens with two attached hydrogens (primary N) is 1. The van der Waals surface area contributed by atoms with Gasteiger partial charge in [0, 0.05) is 31.8 Å². The van der Waals surface area contributed by atoms with Gasteiger partial charge in [-0.25, -0.2) is 12.8 Å². The van der Waals surface area contributed by atoms with Crippen LogP contribution in [-0.2, 0) is 10.0 Å². The summed E-state index contributed by atoms with van der Waals surface area (Å²) in [6.45, 7) is -0.0443. The number of likely N-dealkylation sites (N-methyl/N-ethyl adjacent to an activating group) is 1. The highest BCUT2D eigenvalue weighted by Crippen LogP contribution is 2.23. The molecular weight excluding hydrogens is 453 g/mol. The average molecular weight is 469 g/mol. The zero-order valence-electron chi connectivity index (χ0n) is 13.5. The van der Waals surface area contributed by atoms with Crippen molar-refractivity contribution in [3.63, 3.8) is 0 Å². The smallest absolute Gasteiger partial charge is 0.269 e. The van der Waals surface area contributed by atoms with Gasteiger partial charge in [-0.15, -0.1) is 12.4 Å². The zero-order chi connectivity index (χ0) is 18.8. The summed E-state index contributed by atoms with van der Waals surface area (Å²) in [5.41, 5.74) is 6.38. The van der Waals surface area contributed by atoms with Crippen LogP contribution in [0.1, 0.15) is 11.6 Å². The highest BCUT2D eigenvalue weighted by atomic mass is 79.9. The molecule has 0 saturated heterocycles. The van der Waals surface area contributed by atoms with Crippen LogP contribution < -0.4 is 5.73 Å². The number of nitro groups is 1. The molecule has 2 rings (SSSR count). The third-order valence-electron chi connectivity index (χ3n) is 3.58. The first-order valence-electron chi connectivity index (χ1n) is 7.04. The highest BCUT2D eigenvalue weighted by molar-refractivity contribution is 9.10. The summed E-state index contributed by atoms with van der Waals surface area (Å²) >= 11 is 3.06. The van der Waals surface area contributed by atoms with E-state index in [0.717, 1.165) is 16.4 Å². The van der Waals surface area contributed by atoms with E-state index >= 15 is 0 Å². The second-order valence-electron chi connectivity index (χ2n) is 5.32. The van der Waals surface area contributed by atoms with E-state index < -0.39 is 26.8 Å². The third-order valence-corrected chi connectivity index (χ3v) is 6.03. The molecule has 0 saturated carbocycles. The van der Waals surface area contributed by atoms with Crippen molar-refractivity contribution >= 4 is 44.0 Å². The lowest BCUT2D eigenvalue weighted by molar-refractivity contribution is -0.384. The molecule has 0 radical (unpaired) electrons. The number of hydrogen-bond acceptors (Lipinski definition) is 5. The molecule has 1 unspecified atom stereocenters. The van der Waals surface area contributed by atoms with Crippen molar-refractivity contribution in [1.82, 2.24) is 4.31 Å². The fourth-order valence-electron chi connectivity index (χ4n) is 2.14. The highest BCUT2D eigenvalue weighted by Gasteiger charge is 2.24. The molecule has 0 bridgehead atoms. The Kier molecular flexibility index (Phi) is 7.66. The quantitative estimate of drug-likeness (QED) is 0.517. The number of sulfonamides is 1. The van der Waals surface area contributed by atoms with Crippen LogP contribution in [0.15, 0.2) is 51.8 Å². The lowest BCUT2D eigenvalue weighted by atomic mass is 10.1. The van der Waals surface area contributed by atoms with Gasteiger partial charge in [0.2, 0.25) is 10.0 Å². The second kappa shape index (κ2) is 8.87. The van der Waals surface area contributed by atoms with Crippen LogP contribution in [0.2, 0.25) is 0 Å². The molecule has 0 fully saturated rings. The average Bonchev–Trinajstić information content (AvgIpc) is 2.57. The van der Waals surface area contributed by atoms with E-state index in [2.05, 4.69) is 15.9 Å². The van der Waals surface area contributed by atoms with Crippen molar-refractivity contribution in [2.24, 2.45) is 5.73 Å². The van der Waals surface area contributed by atoms with Crippen molar-refractivity contribution in [3.05, 3.63) is 68.4 Å². The molecule has 11 heteroatoms. The van der Waals surface area contributed by atoms with Crippen molar-refractivity contribution < 1.29 is 17.7 Å². The predicted molar refractivity (Wildman–Crippen MR) is 101 cm³/mol. The predicted octanol–water partition coefficient (Wildman–Crippen LogP) is 3.24. The molecular formula is C15H16BrClFN3O4S. The summed E-state index contributed by atoms with van der Waals surface area (Å²) in [6, 6.07) is 8.13. The van der Waals surface area contributed by atoms with E-state index in [1.807, 2.05) is 0 Å². The molecule has 7 nitrogen and oxygen atoms in total. The summed E-state index contributed by atoms with van der Waals surface area (Å²) in [5.74, 6) is -0.442. The molecule has 2 N–H and O–H groups in total. The Hall–Kier alpha value is -1.59. The Morgan fingerprint density at radius 1 is 1.27 bits per heavy atom. The number of halogens is 3. The maximum atomic E-state index is 13.3. The number of non-ortho nitro benzene ring substituents is 1. The summed E-state index contributed by atoms with van der Waals surface area (Å²) in [4.78, 5) is 9.96. The standard InChI is InChI=1S/C15H15BrFN3O4S.ClH/c1-19(9-15(18)10-2-7-14(17)13(16)8-10)25(23,24)12-5-3-11(4-6-12)20(21)22;/h2-8,15H,9,18H2,1H3;1H. The maximum Gasteiger partial charge on any atom is 0.269 e. The van der Waals surface area contributed by atoms with Gasteiger partial charge < -0.3 is 5.73 Å². The first kappa shape index (κ1) is 22.5. The summed E-state index contributed by atoms with van der Waals surface area (Å²) in [7, 11) is -2.50. The minimum atomic E-state index is -3.86. The molecule has 0 spiro atoms. The van der Waals surface area contributed by atoms with Crippen LogP contribution in [0.25, 0.3) is 0 Å². The number of rotatable bonds is 6. The minimum Gasteiger partial charge on any atom is -0.323 e. The van der Waals surface area contributed by atoms with Crippen LogP contribution in [-0.4, -0.2) is 31.2 Å². The number of hydrogen-bond donors (Lipinski definition) is 1. The van der Waals surface area contributed by atoms with E-state index in [4.69, 9.17) is 5.73 Å².